The molecule has 0 aromatic heterocycles. The number of halogens is 2. The highest BCUT2D eigenvalue weighted by atomic mass is 35.5. The van der Waals surface area contributed by atoms with Crippen LogP contribution in [0.25, 0.3) is 11.1 Å². The van der Waals surface area contributed by atoms with Gasteiger partial charge in [0.25, 0.3) is 0 Å². The third-order valence-corrected chi connectivity index (χ3v) is 11.1. The van der Waals surface area contributed by atoms with Crippen molar-refractivity contribution < 1.29 is 28.6 Å². The normalized spacial score (nSPS) is 19.4. The van der Waals surface area contributed by atoms with E-state index in [1.165, 1.54) is 7.11 Å². The molecule has 4 aromatic rings. The molecule has 1 fully saturated rings. The fourth-order valence-corrected chi connectivity index (χ4v) is 8.25. The van der Waals surface area contributed by atoms with Crippen molar-refractivity contribution in [1.82, 2.24) is 9.80 Å². The number of hydrogen-bond acceptors (Lipinski definition) is 6. The van der Waals surface area contributed by atoms with Crippen molar-refractivity contribution in [2.24, 2.45) is 5.92 Å². The van der Waals surface area contributed by atoms with Gasteiger partial charge in [0.2, 0.25) is 5.91 Å². The van der Waals surface area contributed by atoms with Gasteiger partial charge in [-0.05, 0) is 77.3 Å². The molecule has 3 aliphatic rings. The highest BCUT2D eigenvalue weighted by molar-refractivity contribution is 6.35. The van der Waals surface area contributed by atoms with Crippen LogP contribution < -0.4 is 4.74 Å². The molecule has 2 amide bonds. The fraction of sp³-hybridized carbons (Fsp3) is 0.310. The summed E-state index contributed by atoms with van der Waals surface area (Å²) in [5.74, 6) is -0.393. The zero-order valence-corrected chi connectivity index (χ0v) is 30.4. The van der Waals surface area contributed by atoms with E-state index in [1.807, 2.05) is 54.6 Å². The average molecular weight is 740 g/mol. The molecule has 3 atom stereocenters. The second kappa shape index (κ2) is 15.8. The summed E-state index contributed by atoms with van der Waals surface area (Å²) in [5, 5.41) is 1.05. The molecule has 1 aliphatic carbocycles. The molecular weight excluding hydrogens is 699 g/mol. The van der Waals surface area contributed by atoms with Crippen LogP contribution in [0.2, 0.25) is 10.0 Å². The van der Waals surface area contributed by atoms with E-state index in [2.05, 4.69) is 30.3 Å². The van der Waals surface area contributed by atoms with Crippen LogP contribution in [-0.2, 0) is 32.1 Å². The van der Waals surface area contributed by atoms with Gasteiger partial charge in [0.15, 0.2) is 0 Å². The number of ether oxygens (including phenoxy) is 3. The van der Waals surface area contributed by atoms with Gasteiger partial charge in [0.1, 0.15) is 31.0 Å². The van der Waals surface area contributed by atoms with Crippen molar-refractivity contribution in [2.45, 2.75) is 50.3 Å². The summed E-state index contributed by atoms with van der Waals surface area (Å²) in [6.45, 7) is 1.05. The highest BCUT2D eigenvalue weighted by Gasteiger charge is 2.46. The maximum atomic E-state index is 14.6. The minimum Gasteiger partial charge on any atom is -0.489 e. The molecule has 4 aromatic carbocycles. The van der Waals surface area contributed by atoms with Gasteiger partial charge >= 0.3 is 12.1 Å². The first-order chi connectivity index (χ1) is 25.3. The lowest BCUT2D eigenvalue weighted by Crippen LogP contribution is -2.55. The summed E-state index contributed by atoms with van der Waals surface area (Å²) in [6, 6.07) is 27.4. The molecule has 268 valence electrons. The molecule has 1 saturated heterocycles. The molecule has 0 saturated carbocycles. The van der Waals surface area contributed by atoms with Crippen molar-refractivity contribution >= 4 is 41.2 Å². The quantitative estimate of drug-likeness (QED) is 0.127. The summed E-state index contributed by atoms with van der Waals surface area (Å²) in [4.78, 5) is 45.1. The molecule has 52 heavy (non-hydrogen) atoms. The molecule has 10 heteroatoms. The van der Waals surface area contributed by atoms with E-state index in [0.717, 1.165) is 27.8 Å². The van der Waals surface area contributed by atoms with Gasteiger partial charge in [0, 0.05) is 41.0 Å². The van der Waals surface area contributed by atoms with E-state index in [1.54, 1.807) is 28.0 Å². The zero-order valence-electron chi connectivity index (χ0n) is 28.9. The molecule has 0 N–H and O–H groups in total. The maximum Gasteiger partial charge on any atom is 0.410 e. The second-order valence-electron chi connectivity index (χ2n) is 13.4. The number of carbonyl (C=O) groups is 3. The van der Waals surface area contributed by atoms with E-state index < -0.39 is 24.1 Å². The lowest BCUT2D eigenvalue weighted by Gasteiger charge is -2.35. The molecule has 0 spiro atoms. The number of rotatable bonds is 9. The van der Waals surface area contributed by atoms with Crippen LogP contribution >= 0.6 is 23.2 Å². The average Bonchev–Trinajstić information content (AvgIpc) is 3.75. The van der Waals surface area contributed by atoms with Crippen molar-refractivity contribution in [3.8, 4) is 16.9 Å². The first-order valence-corrected chi connectivity index (χ1v) is 18.4. The van der Waals surface area contributed by atoms with Crippen LogP contribution in [0.1, 0.15) is 47.4 Å². The largest absolute Gasteiger partial charge is 0.489 e. The van der Waals surface area contributed by atoms with E-state index >= 15 is 0 Å². The zero-order chi connectivity index (χ0) is 36.2. The van der Waals surface area contributed by atoms with Crippen LogP contribution in [-0.4, -0.2) is 66.7 Å². The van der Waals surface area contributed by atoms with Crippen LogP contribution in [0.15, 0.2) is 103 Å². The third kappa shape index (κ3) is 7.28. The summed E-state index contributed by atoms with van der Waals surface area (Å²) in [5.41, 5.74) is 6.04. The number of benzene rings is 4. The van der Waals surface area contributed by atoms with E-state index in [9.17, 15) is 14.4 Å². The lowest BCUT2D eigenvalue weighted by atomic mass is 9.94. The minimum atomic E-state index is -0.900. The number of esters is 1. The molecule has 2 aliphatic heterocycles. The van der Waals surface area contributed by atoms with Crippen molar-refractivity contribution in [3.05, 3.63) is 135 Å². The standard InChI is InChI=1S/C42H40Cl2N2O6/c1-50-41(48)38(24-27-17-19-29(20-18-27)51-26-35-36(43)15-9-16-37(35)44)45-22-8-2-3-10-28-21-23-46(39(28)40(45)47)42(49)52-25-34-32-13-6-4-11-30(32)31-12-5-7-14-33(31)34/h2-7,9,11-20,28,34,38-39H,8,10,21-26H2,1H3/b3-2-/t28-,38-,39-/m0/s1. The Balaban J connectivity index is 1.07. The van der Waals surface area contributed by atoms with Gasteiger partial charge in [-0.2, -0.15) is 0 Å². The first-order valence-electron chi connectivity index (χ1n) is 17.6. The van der Waals surface area contributed by atoms with Gasteiger partial charge in [-0.1, -0.05) is 102 Å². The molecule has 0 radical (unpaired) electrons. The Morgan fingerprint density at radius 1 is 0.846 bits per heavy atom. The number of hydrogen-bond donors (Lipinski definition) is 0. The predicted octanol–water partition coefficient (Wildman–Crippen LogP) is 8.47. The van der Waals surface area contributed by atoms with Gasteiger partial charge in [-0.25, -0.2) is 9.59 Å². The minimum absolute atomic E-state index is 0.0974. The SMILES string of the molecule is COC(=O)[C@H](Cc1ccc(OCc2c(Cl)cccc2Cl)cc1)N1CC/C=C\C[C@H]2CCN(C(=O)OCC3c4ccccc4-c4ccccc43)[C@@H]2C1=O. The highest BCUT2D eigenvalue weighted by Crippen LogP contribution is 2.45. The van der Waals surface area contributed by atoms with Crippen LogP contribution in [0.3, 0.4) is 0 Å². The van der Waals surface area contributed by atoms with E-state index in [0.29, 0.717) is 53.7 Å². The number of fused-ring (bicyclic) bond motifs is 4. The molecule has 8 nitrogen and oxygen atoms in total. The molecule has 7 rings (SSSR count). The van der Waals surface area contributed by atoms with Crippen molar-refractivity contribution in [1.29, 1.82) is 0 Å². The summed E-state index contributed by atoms with van der Waals surface area (Å²) >= 11 is 12.6. The predicted molar refractivity (Wildman–Crippen MR) is 201 cm³/mol. The Hall–Kier alpha value is -4.79. The Labute approximate surface area is 313 Å². The van der Waals surface area contributed by atoms with Gasteiger partial charge < -0.3 is 19.1 Å². The van der Waals surface area contributed by atoms with Crippen molar-refractivity contribution in [3.63, 3.8) is 0 Å². The Kier molecular flexibility index (Phi) is 10.8. The molecule has 0 unspecified atom stereocenters. The lowest BCUT2D eigenvalue weighted by molar-refractivity contribution is -0.154. The molecular formula is C42H40Cl2N2O6. The number of carbonyl (C=O) groups excluding carboxylic acids is 3. The van der Waals surface area contributed by atoms with Crippen LogP contribution in [0.4, 0.5) is 4.79 Å². The number of nitrogens with zero attached hydrogens (tertiary/aromatic N) is 2. The number of methoxy groups -OCH3 is 1. The van der Waals surface area contributed by atoms with Crippen LogP contribution in [0.5, 0.6) is 5.75 Å². The van der Waals surface area contributed by atoms with Crippen LogP contribution in [0, 0.1) is 5.92 Å². The van der Waals surface area contributed by atoms with Crippen molar-refractivity contribution in [2.75, 3.05) is 26.8 Å². The first kappa shape index (κ1) is 35.6. The van der Waals surface area contributed by atoms with Gasteiger partial charge in [-0.3, -0.25) is 9.69 Å². The fourth-order valence-electron chi connectivity index (χ4n) is 7.74. The van der Waals surface area contributed by atoms with E-state index in [4.69, 9.17) is 37.4 Å². The monoisotopic (exact) mass is 738 g/mol. The topological polar surface area (TPSA) is 85.4 Å². The van der Waals surface area contributed by atoms with Gasteiger partial charge in [-0.15, -0.1) is 0 Å². The maximum absolute atomic E-state index is 14.6. The summed E-state index contributed by atoms with van der Waals surface area (Å²) < 4.78 is 17.2. The smallest absolute Gasteiger partial charge is 0.410 e. The summed E-state index contributed by atoms with van der Waals surface area (Å²) in [7, 11) is 1.33. The number of allylic oxidation sites excluding steroid dienone is 1. The number of amides is 2. The third-order valence-electron chi connectivity index (χ3n) is 10.4. The Morgan fingerprint density at radius 3 is 2.19 bits per heavy atom. The Morgan fingerprint density at radius 2 is 1.52 bits per heavy atom. The Bertz CT molecular complexity index is 1920. The van der Waals surface area contributed by atoms with Gasteiger partial charge in [0.05, 0.1) is 7.11 Å². The summed E-state index contributed by atoms with van der Waals surface area (Å²) in [6.07, 6.45) is 5.71. The molecule has 2 heterocycles. The molecule has 0 bridgehead atoms. The second-order valence-corrected chi connectivity index (χ2v) is 14.2. The number of likely N-dealkylation sites (tertiary alicyclic amines) is 1. The van der Waals surface area contributed by atoms with E-state index in [-0.39, 0.29) is 37.4 Å².